The van der Waals surface area contributed by atoms with E-state index in [1.54, 1.807) is 25.4 Å². The van der Waals surface area contributed by atoms with E-state index in [-0.39, 0.29) is 42.5 Å². The van der Waals surface area contributed by atoms with Gasteiger partial charge in [-0.25, -0.2) is 4.99 Å². The first-order valence-electron chi connectivity index (χ1n) is 8.29. The number of carbonyl (C=O) groups is 1. The summed E-state index contributed by atoms with van der Waals surface area (Å²) in [5.74, 6) is 2.27. The molecule has 2 aromatic heterocycles. The quantitative estimate of drug-likeness (QED) is 0.356. The molecule has 0 aliphatic heterocycles. The second-order valence-corrected chi connectivity index (χ2v) is 7.06. The second-order valence-electron chi connectivity index (χ2n) is 6.02. The Bertz CT molecular complexity index is 698. The third kappa shape index (κ3) is 7.36. The Balaban J connectivity index is 0.00000338. The van der Waals surface area contributed by atoms with E-state index in [4.69, 9.17) is 4.42 Å². The van der Waals surface area contributed by atoms with Crippen LogP contribution in [0.25, 0.3) is 0 Å². The SMILES string of the molecule is Cc1ccc(C(C)NC(=NCC(=O)N(C)C)NCCc2cccs2)o1.I. The van der Waals surface area contributed by atoms with Crippen LogP contribution in [0.5, 0.6) is 0 Å². The monoisotopic (exact) mass is 490 g/mol. The number of nitrogens with zero attached hydrogens (tertiary/aromatic N) is 2. The number of thiophene rings is 1. The third-order valence-corrected chi connectivity index (χ3v) is 4.59. The lowest BCUT2D eigenvalue weighted by Gasteiger charge is -2.17. The molecule has 1 atom stereocenters. The highest BCUT2D eigenvalue weighted by Gasteiger charge is 2.12. The van der Waals surface area contributed by atoms with Crippen LogP contribution in [0.2, 0.25) is 0 Å². The smallest absolute Gasteiger partial charge is 0.243 e. The molecule has 8 heteroatoms. The molecule has 0 aliphatic carbocycles. The number of carbonyl (C=O) groups excluding carboxylic acids is 1. The summed E-state index contributed by atoms with van der Waals surface area (Å²) >= 11 is 1.73. The molecule has 6 nitrogen and oxygen atoms in total. The Morgan fingerprint density at radius 1 is 1.35 bits per heavy atom. The van der Waals surface area contributed by atoms with Crippen LogP contribution in [0, 0.1) is 6.92 Å². The molecule has 144 valence electrons. The van der Waals surface area contributed by atoms with Crippen molar-refractivity contribution in [2.24, 2.45) is 4.99 Å². The highest BCUT2D eigenvalue weighted by atomic mass is 127. The number of hydrogen-bond acceptors (Lipinski definition) is 4. The van der Waals surface area contributed by atoms with Gasteiger partial charge in [0, 0.05) is 25.5 Å². The minimum absolute atomic E-state index is 0. The van der Waals surface area contributed by atoms with E-state index in [9.17, 15) is 4.79 Å². The number of aliphatic imine (C=N–C) groups is 1. The highest BCUT2D eigenvalue weighted by Crippen LogP contribution is 2.15. The van der Waals surface area contributed by atoms with Crippen molar-refractivity contribution in [1.82, 2.24) is 15.5 Å². The van der Waals surface area contributed by atoms with Gasteiger partial charge in [0.2, 0.25) is 5.91 Å². The Kier molecular flexibility index (Phi) is 9.71. The zero-order valence-electron chi connectivity index (χ0n) is 15.6. The van der Waals surface area contributed by atoms with Crippen molar-refractivity contribution < 1.29 is 9.21 Å². The topological polar surface area (TPSA) is 69.9 Å². The second kappa shape index (κ2) is 11.2. The van der Waals surface area contributed by atoms with E-state index in [0.29, 0.717) is 5.96 Å². The fourth-order valence-corrected chi connectivity index (χ4v) is 2.87. The average molecular weight is 490 g/mol. The van der Waals surface area contributed by atoms with Gasteiger partial charge < -0.3 is 20.0 Å². The zero-order chi connectivity index (χ0) is 18.2. The number of hydrogen-bond donors (Lipinski definition) is 2. The summed E-state index contributed by atoms with van der Waals surface area (Å²) in [5.41, 5.74) is 0. The first-order chi connectivity index (χ1) is 12.0. The summed E-state index contributed by atoms with van der Waals surface area (Å²) in [6.45, 7) is 4.76. The Hall–Kier alpha value is -1.55. The minimum Gasteiger partial charge on any atom is -0.464 e. The molecule has 1 amide bonds. The van der Waals surface area contributed by atoms with Crippen molar-refractivity contribution >= 4 is 47.2 Å². The van der Waals surface area contributed by atoms with Gasteiger partial charge in [-0.3, -0.25) is 4.79 Å². The van der Waals surface area contributed by atoms with Crippen molar-refractivity contribution in [1.29, 1.82) is 0 Å². The minimum atomic E-state index is -0.0452. The van der Waals surface area contributed by atoms with Crippen LogP contribution >= 0.6 is 35.3 Å². The highest BCUT2D eigenvalue weighted by molar-refractivity contribution is 14.0. The van der Waals surface area contributed by atoms with Gasteiger partial charge in [-0.15, -0.1) is 35.3 Å². The number of likely N-dealkylation sites (N-methyl/N-ethyl adjacent to an activating group) is 1. The van der Waals surface area contributed by atoms with E-state index in [1.807, 2.05) is 32.0 Å². The van der Waals surface area contributed by atoms with E-state index in [0.717, 1.165) is 24.5 Å². The van der Waals surface area contributed by atoms with Crippen LogP contribution in [0.1, 0.15) is 29.4 Å². The lowest BCUT2D eigenvalue weighted by molar-refractivity contribution is -0.127. The summed E-state index contributed by atoms with van der Waals surface area (Å²) < 4.78 is 5.65. The normalized spacial score (nSPS) is 12.2. The Labute approximate surface area is 176 Å². The van der Waals surface area contributed by atoms with Crippen molar-refractivity contribution in [3.63, 3.8) is 0 Å². The molecular formula is C18H27IN4O2S. The van der Waals surface area contributed by atoms with Crippen molar-refractivity contribution in [3.05, 3.63) is 46.0 Å². The molecule has 0 spiro atoms. The molecule has 2 heterocycles. The van der Waals surface area contributed by atoms with Crippen LogP contribution in [0.4, 0.5) is 0 Å². The van der Waals surface area contributed by atoms with Crippen molar-refractivity contribution in [2.75, 3.05) is 27.2 Å². The van der Waals surface area contributed by atoms with Crippen molar-refractivity contribution in [2.45, 2.75) is 26.3 Å². The molecule has 26 heavy (non-hydrogen) atoms. The van der Waals surface area contributed by atoms with Crippen LogP contribution in [0.15, 0.2) is 39.1 Å². The van der Waals surface area contributed by atoms with E-state index in [2.05, 4.69) is 27.1 Å². The Morgan fingerprint density at radius 3 is 2.69 bits per heavy atom. The molecule has 1 unspecified atom stereocenters. The predicted octanol–water partition coefficient (Wildman–Crippen LogP) is 3.19. The van der Waals surface area contributed by atoms with Gasteiger partial charge in [0.25, 0.3) is 0 Å². The molecule has 0 saturated carbocycles. The molecule has 0 radical (unpaired) electrons. The Morgan fingerprint density at radius 2 is 2.12 bits per heavy atom. The number of guanidine groups is 1. The maximum Gasteiger partial charge on any atom is 0.243 e. The maximum absolute atomic E-state index is 11.8. The van der Waals surface area contributed by atoms with Gasteiger partial charge in [0.15, 0.2) is 5.96 Å². The number of amides is 1. The van der Waals surface area contributed by atoms with E-state index < -0.39 is 0 Å². The molecule has 0 fully saturated rings. The molecule has 2 N–H and O–H groups in total. The van der Waals surface area contributed by atoms with Crippen LogP contribution in [0.3, 0.4) is 0 Å². The lowest BCUT2D eigenvalue weighted by atomic mass is 10.2. The standard InChI is InChI=1S/C18H26N4O2S.HI/c1-13-7-8-16(24-13)14(2)21-18(20-12-17(23)22(3)4)19-10-9-15-6-5-11-25-15;/h5-8,11,14H,9-10,12H2,1-4H3,(H2,19,20,21);1H. The molecule has 2 rings (SSSR count). The number of aryl methyl sites for hydroxylation is 1. The third-order valence-electron chi connectivity index (χ3n) is 3.66. The van der Waals surface area contributed by atoms with Gasteiger partial charge >= 0.3 is 0 Å². The van der Waals surface area contributed by atoms with Crippen LogP contribution < -0.4 is 10.6 Å². The predicted molar refractivity (Wildman–Crippen MR) is 117 cm³/mol. The van der Waals surface area contributed by atoms with Crippen LogP contribution in [-0.4, -0.2) is 44.0 Å². The first-order valence-corrected chi connectivity index (χ1v) is 9.17. The van der Waals surface area contributed by atoms with E-state index in [1.165, 1.54) is 9.78 Å². The van der Waals surface area contributed by atoms with Gasteiger partial charge in [-0.2, -0.15) is 0 Å². The number of nitrogens with one attached hydrogen (secondary N) is 2. The van der Waals surface area contributed by atoms with Gasteiger partial charge in [0.05, 0.1) is 6.04 Å². The summed E-state index contributed by atoms with van der Waals surface area (Å²) in [7, 11) is 3.45. The van der Waals surface area contributed by atoms with Crippen molar-refractivity contribution in [3.8, 4) is 0 Å². The first kappa shape index (κ1) is 22.5. The summed E-state index contributed by atoms with van der Waals surface area (Å²) in [6, 6.07) is 7.99. The number of furan rings is 1. The van der Waals surface area contributed by atoms with E-state index >= 15 is 0 Å². The van der Waals surface area contributed by atoms with Gasteiger partial charge in [0.1, 0.15) is 18.1 Å². The fourth-order valence-electron chi connectivity index (χ4n) is 2.16. The molecule has 2 aromatic rings. The summed E-state index contributed by atoms with van der Waals surface area (Å²) in [4.78, 5) is 19.1. The molecule has 0 saturated heterocycles. The average Bonchev–Trinajstić information content (AvgIpc) is 3.23. The van der Waals surface area contributed by atoms with Crippen LogP contribution in [-0.2, 0) is 11.2 Å². The van der Waals surface area contributed by atoms with Gasteiger partial charge in [-0.05, 0) is 43.8 Å². The molecule has 0 bridgehead atoms. The maximum atomic E-state index is 11.8. The number of halogens is 1. The molecular weight excluding hydrogens is 463 g/mol. The lowest BCUT2D eigenvalue weighted by Crippen LogP contribution is -2.40. The largest absolute Gasteiger partial charge is 0.464 e. The van der Waals surface area contributed by atoms with Gasteiger partial charge in [-0.1, -0.05) is 6.07 Å². The molecule has 0 aliphatic rings. The number of rotatable bonds is 7. The zero-order valence-corrected chi connectivity index (χ0v) is 18.8. The fraction of sp³-hybridized carbons (Fsp3) is 0.444. The summed E-state index contributed by atoms with van der Waals surface area (Å²) in [5, 5.41) is 8.66. The molecule has 0 aromatic carbocycles. The summed E-state index contributed by atoms with van der Waals surface area (Å²) in [6.07, 6.45) is 0.911.